The Hall–Kier alpha value is -0.830. The predicted molar refractivity (Wildman–Crippen MR) is 59.6 cm³/mol. The largest absolute Gasteiger partial charge is 0.332 e. The molecule has 0 unspecified atom stereocenters. The predicted octanol–water partition coefficient (Wildman–Crippen LogP) is 1.64. The Morgan fingerprint density at radius 2 is 2.27 bits per heavy atom. The molecule has 0 amide bonds. The van der Waals surface area contributed by atoms with E-state index in [9.17, 15) is 0 Å². The standard InChI is InChI=1S/C12H19N3/c13-12(6-7-12)5-4-10-9-14-11-3-1-2-8-15(10)11/h9H,1-8,13H2. The fraction of sp³-hybridized carbons (Fsp3) is 0.750. The Morgan fingerprint density at radius 3 is 3.07 bits per heavy atom. The molecule has 0 aromatic carbocycles. The minimum atomic E-state index is 0.180. The Balaban J connectivity index is 1.71. The van der Waals surface area contributed by atoms with Crippen molar-refractivity contribution in [3.05, 3.63) is 17.7 Å². The van der Waals surface area contributed by atoms with Crippen LogP contribution in [0.1, 0.15) is 43.6 Å². The zero-order chi connectivity index (χ0) is 10.3. The van der Waals surface area contributed by atoms with E-state index in [1.807, 2.05) is 0 Å². The van der Waals surface area contributed by atoms with E-state index in [-0.39, 0.29) is 5.54 Å². The number of hydrogen-bond donors (Lipinski definition) is 1. The highest BCUT2D eigenvalue weighted by Crippen LogP contribution is 2.36. The quantitative estimate of drug-likeness (QED) is 0.815. The van der Waals surface area contributed by atoms with Crippen molar-refractivity contribution in [1.29, 1.82) is 0 Å². The van der Waals surface area contributed by atoms with Crippen LogP contribution in [0, 0.1) is 0 Å². The zero-order valence-electron chi connectivity index (χ0n) is 9.21. The van der Waals surface area contributed by atoms with Crippen molar-refractivity contribution in [2.75, 3.05) is 0 Å². The molecular weight excluding hydrogens is 186 g/mol. The molecule has 3 nitrogen and oxygen atoms in total. The van der Waals surface area contributed by atoms with Gasteiger partial charge in [0.15, 0.2) is 0 Å². The molecule has 3 heteroatoms. The summed E-state index contributed by atoms with van der Waals surface area (Å²) in [6, 6.07) is 0. The summed E-state index contributed by atoms with van der Waals surface area (Å²) in [4.78, 5) is 4.50. The summed E-state index contributed by atoms with van der Waals surface area (Å²) in [6.07, 6.45) is 10.5. The second kappa shape index (κ2) is 3.34. The van der Waals surface area contributed by atoms with Gasteiger partial charge in [-0.15, -0.1) is 0 Å². The molecule has 1 fully saturated rings. The van der Waals surface area contributed by atoms with E-state index in [1.165, 1.54) is 43.7 Å². The Bertz CT molecular complexity index is 363. The van der Waals surface area contributed by atoms with Crippen molar-refractivity contribution in [2.24, 2.45) is 5.73 Å². The molecule has 0 spiro atoms. The van der Waals surface area contributed by atoms with Crippen molar-refractivity contribution in [2.45, 2.75) is 57.0 Å². The van der Waals surface area contributed by atoms with Crippen molar-refractivity contribution in [1.82, 2.24) is 9.55 Å². The van der Waals surface area contributed by atoms with Crippen LogP contribution in [0.2, 0.25) is 0 Å². The first-order valence-corrected chi connectivity index (χ1v) is 6.09. The summed E-state index contributed by atoms with van der Waals surface area (Å²) in [7, 11) is 0. The van der Waals surface area contributed by atoms with Gasteiger partial charge in [0.2, 0.25) is 0 Å². The van der Waals surface area contributed by atoms with E-state index in [1.54, 1.807) is 0 Å². The van der Waals surface area contributed by atoms with Crippen LogP contribution < -0.4 is 5.73 Å². The molecule has 1 aromatic heterocycles. The second-order valence-corrected chi connectivity index (χ2v) is 5.14. The SMILES string of the molecule is NC1(CCc2cnc3n2CCCC3)CC1. The summed E-state index contributed by atoms with van der Waals surface area (Å²) < 4.78 is 2.41. The molecule has 1 aliphatic carbocycles. The molecule has 1 aliphatic heterocycles. The number of imidazole rings is 1. The number of nitrogens with zero attached hydrogens (tertiary/aromatic N) is 2. The second-order valence-electron chi connectivity index (χ2n) is 5.14. The van der Waals surface area contributed by atoms with Crippen LogP contribution in [0.4, 0.5) is 0 Å². The number of nitrogens with two attached hydrogens (primary N) is 1. The number of rotatable bonds is 3. The van der Waals surface area contributed by atoms with Crippen molar-refractivity contribution in [3.8, 4) is 0 Å². The molecule has 15 heavy (non-hydrogen) atoms. The maximum Gasteiger partial charge on any atom is 0.108 e. The van der Waals surface area contributed by atoms with E-state index in [0.29, 0.717) is 0 Å². The van der Waals surface area contributed by atoms with Crippen LogP contribution in [-0.4, -0.2) is 15.1 Å². The molecule has 0 saturated heterocycles. The minimum Gasteiger partial charge on any atom is -0.332 e. The average molecular weight is 205 g/mol. The molecule has 1 aromatic rings. The Kier molecular flexibility index (Phi) is 2.09. The highest BCUT2D eigenvalue weighted by Gasteiger charge is 2.37. The van der Waals surface area contributed by atoms with Gasteiger partial charge in [-0.25, -0.2) is 4.98 Å². The zero-order valence-corrected chi connectivity index (χ0v) is 9.21. The normalized spacial score (nSPS) is 22.5. The van der Waals surface area contributed by atoms with E-state index >= 15 is 0 Å². The first-order valence-electron chi connectivity index (χ1n) is 6.09. The van der Waals surface area contributed by atoms with Crippen molar-refractivity contribution in [3.63, 3.8) is 0 Å². The summed E-state index contributed by atoms with van der Waals surface area (Å²) in [6.45, 7) is 1.17. The number of fused-ring (bicyclic) bond motifs is 1. The lowest BCUT2D eigenvalue weighted by Gasteiger charge is -2.17. The highest BCUT2D eigenvalue weighted by molar-refractivity contribution is 5.10. The first kappa shape index (κ1) is 9.40. The molecule has 2 heterocycles. The Morgan fingerprint density at radius 1 is 1.40 bits per heavy atom. The summed E-state index contributed by atoms with van der Waals surface area (Å²) in [5, 5.41) is 0. The van der Waals surface area contributed by atoms with Gasteiger partial charge in [-0.3, -0.25) is 0 Å². The summed E-state index contributed by atoms with van der Waals surface area (Å²) in [5.41, 5.74) is 7.69. The highest BCUT2D eigenvalue weighted by atomic mass is 15.1. The average Bonchev–Trinajstić information content (AvgIpc) is 2.86. The lowest BCUT2D eigenvalue weighted by molar-refractivity contribution is 0.497. The third-order valence-corrected chi connectivity index (χ3v) is 3.82. The number of aryl methyl sites for hydroxylation is 2. The third-order valence-electron chi connectivity index (χ3n) is 3.82. The van der Waals surface area contributed by atoms with E-state index in [0.717, 1.165) is 19.3 Å². The van der Waals surface area contributed by atoms with Gasteiger partial charge in [0.05, 0.1) is 0 Å². The summed E-state index contributed by atoms with van der Waals surface area (Å²) >= 11 is 0. The van der Waals surface area contributed by atoms with E-state index < -0.39 is 0 Å². The maximum atomic E-state index is 6.11. The number of aromatic nitrogens is 2. The monoisotopic (exact) mass is 205 g/mol. The van der Waals surface area contributed by atoms with E-state index in [2.05, 4.69) is 15.7 Å². The lowest BCUT2D eigenvalue weighted by atomic mass is 10.1. The van der Waals surface area contributed by atoms with Gasteiger partial charge in [0.1, 0.15) is 5.82 Å². The first-order chi connectivity index (χ1) is 7.27. The van der Waals surface area contributed by atoms with Gasteiger partial charge in [-0.2, -0.15) is 0 Å². The molecular formula is C12H19N3. The molecule has 0 atom stereocenters. The van der Waals surface area contributed by atoms with Crippen molar-refractivity contribution >= 4 is 0 Å². The van der Waals surface area contributed by atoms with Crippen LogP contribution >= 0.6 is 0 Å². The topological polar surface area (TPSA) is 43.8 Å². The molecule has 1 saturated carbocycles. The summed E-state index contributed by atoms with van der Waals surface area (Å²) in [5.74, 6) is 1.29. The van der Waals surface area contributed by atoms with Gasteiger partial charge in [-0.1, -0.05) is 0 Å². The van der Waals surface area contributed by atoms with Gasteiger partial charge in [0, 0.05) is 30.4 Å². The molecule has 82 valence electrons. The lowest BCUT2D eigenvalue weighted by Crippen LogP contribution is -2.23. The molecule has 2 N–H and O–H groups in total. The van der Waals surface area contributed by atoms with Crippen LogP contribution in [0.15, 0.2) is 6.20 Å². The van der Waals surface area contributed by atoms with Gasteiger partial charge in [-0.05, 0) is 38.5 Å². The van der Waals surface area contributed by atoms with Crippen LogP contribution in [0.25, 0.3) is 0 Å². The third kappa shape index (κ3) is 1.81. The van der Waals surface area contributed by atoms with E-state index in [4.69, 9.17) is 5.73 Å². The van der Waals surface area contributed by atoms with Crippen LogP contribution in [-0.2, 0) is 19.4 Å². The maximum absolute atomic E-state index is 6.11. The van der Waals surface area contributed by atoms with Crippen LogP contribution in [0.5, 0.6) is 0 Å². The molecule has 0 radical (unpaired) electrons. The smallest absolute Gasteiger partial charge is 0.108 e. The van der Waals surface area contributed by atoms with Gasteiger partial charge >= 0.3 is 0 Å². The molecule has 3 rings (SSSR count). The van der Waals surface area contributed by atoms with Crippen LogP contribution in [0.3, 0.4) is 0 Å². The van der Waals surface area contributed by atoms with Gasteiger partial charge in [0.25, 0.3) is 0 Å². The molecule has 0 bridgehead atoms. The van der Waals surface area contributed by atoms with Gasteiger partial charge < -0.3 is 10.3 Å². The Labute approximate surface area is 90.7 Å². The minimum absolute atomic E-state index is 0.180. The molecule has 2 aliphatic rings. The van der Waals surface area contributed by atoms with Crippen molar-refractivity contribution < 1.29 is 0 Å². The number of hydrogen-bond acceptors (Lipinski definition) is 2. The fourth-order valence-corrected chi connectivity index (χ4v) is 2.47. The fourth-order valence-electron chi connectivity index (χ4n) is 2.47.